The summed E-state index contributed by atoms with van der Waals surface area (Å²) in [6.45, 7) is 5.01. The van der Waals surface area contributed by atoms with Crippen LogP contribution in [0.2, 0.25) is 0 Å². The van der Waals surface area contributed by atoms with Gasteiger partial charge in [-0.3, -0.25) is 10.1 Å². The first-order valence-corrected chi connectivity index (χ1v) is 7.35. The van der Waals surface area contributed by atoms with E-state index in [1.54, 1.807) is 18.4 Å². The van der Waals surface area contributed by atoms with Crippen molar-refractivity contribution in [3.63, 3.8) is 0 Å². The first-order chi connectivity index (χ1) is 11.0. The predicted molar refractivity (Wildman–Crippen MR) is 88.1 cm³/mol. The van der Waals surface area contributed by atoms with Crippen LogP contribution in [0, 0.1) is 10.1 Å². The van der Waals surface area contributed by atoms with Crippen molar-refractivity contribution in [2.45, 2.75) is 33.0 Å². The molecule has 23 heavy (non-hydrogen) atoms. The van der Waals surface area contributed by atoms with Gasteiger partial charge in [-0.05, 0) is 31.5 Å². The minimum Gasteiger partial charge on any atom is -0.467 e. The molecule has 0 radical (unpaired) electrons. The van der Waals surface area contributed by atoms with E-state index >= 15 is 0 Å². The molecule has 0 spiro atoms. The Morgan fingerprint density at radius 2 is 2.04 bits per heavy atom. The largest absolute Gasteiger partial charge is 0.467 e. The van der Waals surface area contributed by atoms with Crippen molar-refractivity contribution in [2.24, 2.45) is 4.99 Å². The molecule has 0 amide bonds. The van der Waals surface area contributed by atoms with Gasteiger partial charge in [0.05, 0.1) is 24.3 Å². The fourth-order valence-corrected chi connectivity index (χ4v) is 1.90. The molecule has 7 heteroatoms. The van der Waals surface area contributed by atoms with Gasteiger partial charge in [-0.15, -0.1) is 0 Å². The number of benzene rings is 1. The molecule has 0 saturated heterocycles. The second-order valence-corrected chi connectivity index (χ2v) is 5.32. The molecule has 0 atom stereocenters. The summed E-state index contributed by atoms with van der Waals surface area (Å²) in [5.74, 6) is 1.48. The van der Waals surface area contributed by atoms with Crippen LogP contribution in [0.25, 0.3) is 0 Å². The average Bonchev–Trinajstić information content (AvgIpc) is 3.03. The van der Waals surface area contributed by atoms with Crippen LogP contribution in [0.4, 0.5) is 5.69 Å². The van der Waals surface area contributed by atoms with Crippen LogP contribution in [0.15, 0.2) is 52.1 Å². The Balaban J connectivity index is 1.99. The summed E-state index contributed by atoms with van der Waals surface area (Å²) in [6, 6.07) is 10.3. The molecule has 1 heterocycles. The van der Waals surface area contributed by atoms with Gasteiger partial charge in [-0.2, -0.15) is 0 Å². The van der Waals surface area contributed by atoms with Crippen molar-refractivity contribution < 1.29 is 9.34 Å². The van der Waals surface area contributed by atoms with Gasteiger partial charge in [-0.1, -0.05) is 12.1 Å². The van der Waals surface area contributed by atoms with Gasteiger partial charge in [0.15, 0.2) is 5.96 Å². The highest BCUT2D eigenvalue weighted by molar-refractivity contribution is 5.80. The van der Waals surface area contributed by atoms with E-state index in [1.165, 1.54) is 12.1 Å². The third kappa shape index (κ3) is 5.46. The van der Waals surface area contributed by atoms with Crippen LogP contribution in [0.5, 0.6) is 0 Å². The highest BCUT2D eigenvalue weighted by Crippen LogP contribution is 2.12. The number of non-ortho nitro benzene ring substituents is 1. The summed E-state index contributed by atoms with van der Waals surface area (Å²) >= 11 is 0. The van der Waals surface area contributed by atoms with E-state index in [2.05, 4.69) is 15.6 Å². The van der Waals surface area contributed by atoms with Crippen LogP contribution < -0.4 is 10.6 Å². The molecule has 2 N–H and O–H groups in total. The number of aliphatic imine (C=N–C) groups is 1. The average molecular weight is 316 g/mol. The number of nitrogens with one attached hydrogen (secondary N) is 2. The minimum absolute atomic E-state index is 0.0780. The Kier molecular flexibility index (Phi) is 5.74. The summed E-state index contributed by atoms with van der Waals surface area (Å²) in [5.41, 5.74) is 0.979. The number of nitro groups is 1. The van der Waals surface area contributed by atoms with Crippen LogP contribution in [-0.2, 0) is 13.1 Å². The van der Waals surface area contributed by atoms with E-state index in [4.69, 9.17) is 4.42 Å². The molecule has 1 aromatic heterocycles. The fraction of sp³-hybridized carbons (Fsp3) is 0.312. The molecule has 0 saturated carbocycles. The monoisotopic (exact) mass is 316 g/mol. The zero-order valence-electron chi connectivity index (χ0n) is 13.2. The predicted octanol–water partition coefficient (Wildman–Crippen LogP) is 2.83. The maximum atomic E-state index is 10.6. The van der Waals surface area contributed by atoms with Crippen molar-refractivity contribution in [3.8, 4) is 0 Å². The Bertz CT molecular complexity index is 648. The Morgan fingerprint density at radius 3 is 2.61 bits per heavy atom. The third-order valence-electron chi connectivity index (χ3n) is 3.00. The van der Waals surface area contributed by atoms with E-state index in [0.717, 1.165) is 11.3 Å². The van der Waals surface area contributed by atoms with Gasteiger partial charge in [0, 0.05) is 18.2 Å². The van der Waals surface area contributed by atoms with Crippen molar-refractivity contribution in [3.05, 3.63) is 64.1 Å². The van der Waals surface area contributed by atoms with Gasteiger partial charge in [0.25, 0.3) is 5.69 Å². The minimum atomic E-state index is -0.413. The molecule has 1 aromatic carbocycles. The number of nitro benzene ring substituents is 1. The summed E-state index contributed by atoms with van der Waals surface area (Å²) in [4.78, 5) is 14.7. The quantitative estimate of drug-likeness (QED) is 0.370. The van der Waals surface area contributed by atoms with Crippen molar-refractivity contribution in [1.29, 1.82) is 0 Å². The summed E-state index contributed by atoms with van der Waals surface area (Å²) < 4.78 is 5.28. The number of hydrogen-bond acceptors (Lipinski definition) is 4. The smallest absolute Gasteiger partial charge is 0.269 e. The molecule has 122 valence electrons. The second kappa shape index (κ2) is 7.98. The van der Waals surface area contributed by atoms with Crippen molar-refractivity contribution >= 4 is 11.6 Å². The lowest BCUT2D eigenvalue weighted by molar-refractivity contribution is -0.384. The zero-order valence-corrected chi connectivity index (χ0v) is 13.2. The fourth-order valence-electron chi connectivity index (χ4n) is 1.90. The molecule has 7 nitrogen and oxygen atoms in total. The Morgan fingerprint density at radius 1 is 1.30 bits per heavy atom. The molecule has 0 unspecified atom stereocenters. The SMILES string of the molecule is CC(C)NC(=NCc1ccc([N+](=O)[O-])cc1)NCc1ccco1. The molecule has 0 aliphatic rings. The van der Waals surface area contributed by atoms with Crippen LogP contribution in [0.3, 0.4) is 0 Å². The highest BCUT2D eigenvalue weighted by Gasteiger charge is 2.05. The maximum absolute atomic E-state index is 10.6. The van der Waals surface area contributed by atoms with Crippen molar-refractivity contribution in [2.75, 3.05) is 0 Å². The van der Waals surface area contributed by atoms with E-state index in [9.17, 15) is 10.1 Å². The molecule has 0 aliphatic heterocycles. The Hall–Kier alpha value is -2.83. The van der Waals surface area contributed by atoms with E-state index in [1.807, 2.05) is 26.0 Å². The number of nitrogens with zero attached hydrogens (tertiary/aromatic N) is 2. The second-order valence-electron chi connectivity index (χ2n) is 5.32. The highest BCUT2D eigenvalue weighted by atomic mass is 16.6. The van der Waals surface area contributed by atoms with Gasteiger partial charge < -0.3 is 15.1 Å². The standard InChI is InChI=1S/C16H20N4O3/c1-12(2)19-16(18-11-15-4-3-9-23-15)17-10-13-5-7-14(8-6-13)20(21)22/h3-9,12H,10-11H2,1-2H3,(H2,17,18,19). The molecule has 2 aromatic rings. The summed E-state index contributed by atoms with van der Waals surface area (Å²) in [7, 11) is 0. The van der Waals surface area contributed by atoms with Crippen LogP contribution in [-0.4, -0.2) is 16.9 Å². The lowest BCUT2D eigenvalue weighted by Crippen LogP contribution is -2.40. The number of rotatable bonds is 6. The van der Waals surface area contributed by atoms with Gasteiger partial charge in [0.2, 0.25) is 0 Å². The molecule has 0 aliphatic carbocycles. The van der Waals surface area contributed by atoms with Crippen LogP contribution >= 0.6 is 0 Å². The lowest BCUT2D eigenvalue weighted by Gasteiger charge is -2.14. The van der Waals surface area contributed by atoms with E-state index in [0.29, 0.717) is 19.0 Å². The van der Waals surface area contributed by atoms with E-state index < -0.39 is 4.92 Å². The van der Waals surface area contributed by atoms with Gasteiger partial charge in [0.1, 0.15) is 5.76 Å². The molecule has 0 bridgehead atoms. The lowest BCUT2D eigenvalue weighted by atomic mass is 10.2. The summed E-state index contributed by atoms with van der Waals surface area (Å²) in [5, 5.41) is 17.1. The topological polar surface area (TPSA) is 92.7 Å². The van der Waals surface area contributed by atoms with Gasteiger partial charge in [-0.25, -0.2) is 4.99 Å². The number of guanidine groups is 1. The molecule has 0 fully saturated rings. The first kappa shape index (κ1) is 16.5. The van der Waals surface area contributed by atoms with Crippen molar-refractivity contribution in [1.82, 2.24) is 10.6 Å². The maximum Gasteiger partial charge on any atom is 0.269 e. The summed E-state index contributed by atoms with van der Waals surface area (Å²) in [6.07, 6.45) is 1.63. The zero-order chi connectivity index (χ0) is 16.7. The van der Waals surface area contributed by atoms with E-state index in [-0.39, 0.29) is 11.7 Å². The molecular formula is C16H20N4O3. The number of hydrogen-bond donors (Lipinski definition) is 2. The molecule has 2 rings (SSSR count). The normalized spacial score (nSPS) is 11.5. The Labute approximate surface area is 134 Å². The van der Waals surface area contributed by atoms with Crippen LogP contribution in [0.1, 0.15) is 25.2 Å². The number of furan rings is 1. The van der Waals surface area contributed by atoms with Gasteiger partial charge >= 0.3 is 0 Å². The molecular weight excluding hydrogens is 296 g/mol. The first-order valence-electron chi connectivity index (χ1n) is 7.35. The third-order valence-corrected chi connectivity index (χ3v) is 3.00.